The van der Waals surface area contributed by atoms with Gasteiger partial charge >= 0.3 is 0 Å². The van der Waals surface area contributed by atoms with E-state index in [1.54, 1.807) is 6.33 Å². The maximum absolute atomic E-state index is 9.22. The van der Waals surface area contributed by atoms with Crippen molar-refractivity contribution in [1.82, 2.24) is 19.5 Å². The number of methoxy groups -OCH3 is 1. The number of nitrogens with zero attached hydrogens (tertiary/aromatic N) is 4. The molecule has 1 aliphatic rings. The Labute approximate surface area is 115 Å². The number of rotatable bonds is 3. The van der Waals surface area contributed by atoms with Crippen LogP contribution in [0.3, 0.4) is 0 Å². The van der Waals surface area contributed by atoms with Crippen LogP contribution in [-0.4, -0.2) is 44.4 Å². The zero-order chi connectivity index (χ0) is 14.3. The third-order valence-electron chi connectivity index (χ3n) is 3.53. The molecule has 20 heavy (non-hydrogen) atoms. The fraction of sp³-hybridized carbons (Fsp3) is 0.583. The van der Waals surface area contributed by atoms with Gasteiger partial charge in [-0.25, -0.2) is 4.98 Å². The van der Waals surface area contributed by atoms with Gasteiger partial charge in [0.2, 0.25) is 11.8 Å². The van der Waals surface area contributed by atoms with Gasteiger partial charge in [-0.1, -0.05) is 6.92 Å². The molecule has 3 heterocycles. The Hall–Kier alpha value is -1.93. The summed E-state index contributed by atoms with van der Waals surface area (Å²) in [6, 6.07) is 0. The van der Waals surface area contributed by atoms with E-state index in [4.69, 9.17) is 15.2 Å². The molecule has 0 radical (unpaired) electrons. The molecule has 3 atom stereocenters. The van der Waals surface area contributed by atoms with E-state index in [2.05, 4.69) is 21.9 Å². The highest BCUT2D eigenvalue weighted by atomic mass is 16.5. The van der Waals surface area contributed by atoms with E-state index in [1.165, 1.54) is 7.11 Å². The lowest BCUT2D eigenvalue weighted by Gasteiger charge is -2.17. The summed E-state index contributed by atoms with van der Waals surface area (Å²) in [4.78, 5) is 12.5. The fourth-order valence-electron chi connectivity index (χ4n) is 2.61. The van der Waals surface area contributed by atoms with Crippen LogP contribution in [0.2, 0.25) is 0 Å². The fourth-order valence-corrected chi connectivity index (χ4v) is 2.61. The van der Waals surface area contributed by atoms with Crippen LogP contribution in [0.25, 0.3) is 11.2 Å². The Morgan fingerprint density at radius 2 is 2.35 bits per heavy atom. The zero-order valence-electron chi connectivity index (χ0n) is 11.4. The number of imidazole rings is 1. The predicted octanol–water partition coefficient (Wildman–Crippen LogP) is 0.333. The van der Waals surface area contributed by atoms with Gasteiger partial charge in [0.1, 0.15) is 6.23 Å². The SMILES string of the molecule is COc1nc(N)nc2c1ncn2[C@@H]1OC(CO)CC1C. The minimum absolute atomic E-state index is 0.00785. The summed E-state index contributed by atoms with van der Waals surface area (Å²) in [6.07, 6.45) is 2.05. The number of nitrogen functional groups attached to an aromatic ring is 1. The minimum Gasteiger partial charge on any atom is -0.479 e. The molecule has 0 saturated carbocycles. The average molecular weight is 279 g/mol. The molecule has 0 bridgehead atoms. The van der Waals surface area contributed by atoms with Gasteiger partial charge < -0.3 is 20.3 Å². The first-order valence-corrected chi connectivity index (χ1v) is 6.44. The average Bonchev–Trinajstić information content (AvgIpc) is 3.00. The molecular formula is C12H17N5O3. The third-order valence-corrected chi connectivity index (χ3v) is 3.53. The summed E-state index contributed by atoms with van der Waals surface area (Å²) in [5.41, 5.74) is 6.81. The van der Waals surface area contributed by atoms with E-state index < -0.39 is 0 Å². The second-order valence-electron chi connectivity index (χ2n) is 4.96. The Balaban J connectivity index is 2.07. The molecular weight excluding hydrogens is 262 g/mol. The highest BCUT2D eigenvalue weighted by Crippen LogP contribution is 2.36. The number of aromatic nitrogens is 4. The van der Waals surface area contributed by atoms with E-state index in [1.807, 2.05) is 4.57 Å². The van der Waals surface area contributed by atoms with Crippen molar-refractivity contribution in [2.24, 2.45) is 5.92 Å². The van der Waals surface area contributed by atoms with E-state index in [9.17, 15) is 5.11 Å². The van der Waals surface area contributed by atoms with Crippen molar-refractivity contribution < 1.29 is 14.6 Å². The van der Waals surface area contributed by atoms with E-state index in [0.29, 0.717) is 17.0 Å². The number of ether oxygens (including phenoxy) is 2. The number of anilines is 1. The summed E-state index contributed by atoms with van der Waals surface area (Å²) in [5.74, 6) is 0.711. The zero-order valence-corrected chi connectivity index (χ0v) is 11.4. The maximum Gasteiger partial charge on any atom is 0.246 e. The van der Waals surface area contributed by atoms with Crippen LogP contribution < -0.4 is 10.5 Å². The van der Waals surface area contributed by atoms with Crippen molar-refractivity contribution in [3.63, 3.8) is 0 Å². The highest BCUT2D eigenvalue weighted by molar-refractivity contribution is 5.77. The lowest BCUT2D eigenvalue weighted by molar-refractivity contribution is -0.0294. The van der Waals surface area contributed by atoms with Crippen LogP contribution in [0.15, 0.2) is 6.33 Å². The van der Waals surface area contributed by atoms with Gasteiger partial charge in [0.05, 0.1) is 26.1 Å². The third kappa shape index (κ3) is 1.97. The maximum atomic E-state index is 9.22. The summed E-state index contributed by atoms with van der Waals surface area (Å²) in [5, 5.41) is 9.22. The molecule has 0 amide bonds. The molecule has 108 valence electrons. The van der Waals surface area contributed by atoms with Gasteiger partial charge in [-0.2, -0.15) is 9.97 Å². The number of aliphatic hydroxyl groups is 1. The molecule has 2 unspecified atom stereocenters. The highest BCUT2D eigenvalue weighted by Gasteiger charge is 2.34. The largest absolute Gasteiger partial charge is 0.479 e. The summed E-state index contributed by atoms with van der Waals surface area (Å²) in [7, 11) is 1.51. The van der Waals surface area contributed by atoms with Crippen LogP contribution in [-0.2, 0) is 4.74 Å². The quantitative estimate of drug-likeness (QED) is 0.833. The van der Waals surface area contributed by atoms with Crippen molar-refractivity contribution in [2.45, 2.75) is 25.7 Å². The molecule has 8 nitrogen and oxygen atoms in total. The predicted molar refractivity (Wildman–Crippen MR) is 71.1 cm³/mol. The van der Waals surface area contributed by atoms with Crippen molar-refractivity contribution in [1.29, 1.82) is 0 Å². The van der Waals surface area contributed by atoms with Crippen LogP contribution in [0.4, 0.5) is 5.95 Å². The Morgan fingerprint density at radius 1 is 1.55 bits per heavy atom. The molecule has 2 aromatic heterocycles. The first-order chi connectivity index (χ1) is 9.63. The van der Waals surface area contributed by atoms with Gasteiger partial charge in [0.25, 0.3) is 0 Å². The van der Waals surface area contributed by atoms with Crippen LogP contribution in [0.5, 0.6) is 5.88 Å². The van der Waals surface area contributed by atoms with Gasteiger partial charge in [-0.3, -0.25) is 4.57 Å². The van der Waals surface area contributed by atoms with Crippen molar-refractivity contribution >= 4 is 17.1 Å². The lowest BCUT2D eigenvalue weighted by atomic mass is 10.1. The molecule has 1 saturated heterocycles. The van der Waals surface area contributed by atoms with Gasteiger partial charge in [0, 0.05) is 5.92 Å². The molecule has 3 rings (SSSR count). The van der Waals surface area contributed by atoms with E-state index in [-0.39, 0.29) is 30.8 Å². The standard InChI is InChI=1S/C12H17N5O3/c1-6-3-7(4-18)20-11(6)17-5-14-8-9(17)15-12(13)16-10(8)19-2/h5-7,11,18H,3-4H2,1-2H3,(H2,13,15,16)/t6?,7?,11-/m1/s1. The van der Waals surface area contributed by atoms with Crippen LogP contribution in [0.1, 0.15) is 19.6 Å². The molecule has 8 heteroatoms. The Kier molecular flexibility index (Phi) is 3.19. The second-order valence-corrected chi connectivity index (χ2v) is 4.96. The van der Waals surface area contributed by atoms with Crippen LogP contribution in [0, 0.1) is 5.92 Å². The normalized spacial score (nSPS) is 26.2. The van der Waals surface area contributed by atoms with Crippen molar-refractivity contribution in [2.75, 3.05) is 19.5 Å². The Morgan fingerprint density at radius 3 is 3.00 bits per heavy atom. The number of fused-ring (bicyclic) bond motifs is 1. The van der Waals surface area contributed by atoms with Crippen molar-refractivity contribution in [3.8, 4) is 5.88 Å². The summed E-state index contributed by atoms with van der Waals surface area (Å²) < 4.78 is 12.8. The number of hydrogen-bond acceptors (Lipinski definition) is 7. The van der Waals surface area contributed by atoms with Gasteiger partial charge in [0.15, 0.2) is 11.2 Å². The molecule has 1 aliphatic heterocycles. The Bertz CT molecular complexity index is 629. The smallest absolute Gasteiger partial charge is 0.246 e. The van der Waals surface area contributed by atoms with Gasteiger partial charge in [-0.15, -0.1) is 0 Å². The first-order valence-electron chi connectivity index (χ1n) is 6.44. The lowest BCUT2D eigenvalue weighted by Crippen LogP contribution is -2.15. The molecule has 1 fully saturated rings. The molecule has 0 aromatic carbocycles. The number of aliphatic hydroxyl groups excluding tert-OH is 1. The van der Waals surface area contributed by atoms with Crippen LogP contribution >= 0.6 is 0 Å². The number of hydrogen-bond donors (Lipinski definition) is 2. The minimum atomic E-state index is -0.226. The first kappa shape index (κ1) is 13.1. The summed E-state index contributed by atoms with van der Waals surface area (Å²) in [6.45, 7) is 2.07. The van der Waals surface area contributed by atoms with E-state index in [0.717, 1.165) is 6.42 Å². The second kappa shape index (κ2) is 4.88. The van der Waals surface area contributed by atoms with Gasteiger partial charge in [-0.05, 0) is 6.42 Å². The molecule has 3 N–H and O–H groups in total. The molecule has 2 aromatic rings. The number of nitrogens with two attached hydrogens (primary N) is 1. The van der Waals surface area contributed by atoms with E-state index >= 15 is 0 Å². The molecule has 0 aliphatic carbocycles. The summed E-state index contributed by atoms with van der Waals surface area (Å²) >= 11 is 0. The topological polar surface area (TPSA) is 108 Å². The van der Waals surface area contributed by atoms with Crippen molar-refractivity contribution in [3.05, 3.63) is 6.33 Å². The monoisotopic (exact) mass is 279 g/mol. The molecule has 0 spiro atoms.